The Kier molecular flexibility index (Phi) is 6.23. The highest BCUT2D eigenvalue weighted by molar-refractivity contribution is 6.39. The molecule has 128 valence electrons. The Labute approximate surface area is 150 Å². The molecule has 1 aromatic heterocycles. The minimum atomic E-state index is -0.489. The van der Waals surface area contributed by atoms with Gasteiger partial charge in [0.2, 0.25) is 11.8 Å². The molecule has 0 spiro atoms. The number of likely N-dealkylation sites (N-methyl/N-ethyl adjacent to an activating group) is 1. The molecule has 1 heterocycles. The van der Waals surface area contributed by atoms with E-state index in [9.17, 15) is 9.59 Å². The van der Waals surface area contributed by atoms with Crippen molar-refractivity contribution in [2.45, 2.75) is 19.9 Å². The molecule has 2 rings (SSSR count). The van der Waals surface area contributed by atoms with Crippen molar-refractivity contribution in [1.82, 2.24) is 14.7 Å². The summed E-state index contributed by atoms with van der Waals surface area (Å²) >= 11 is 12.1. The zero-order chi connectivity index (χ0) is 17.7. The van der Waals surface area contributed by atoms with E-state index in [-0.39, 0.29) is 18.4 Å². The maximum atomic E-state index is 12.5. The molecule has 8 heteroatoms. The normalized spacial score (nSPS) is 11.8. The summed E-state index contributed by atoms with van der Waals surface area (Å²) in [6, 6.07) is 6.20. The topological polar surface area (TPSA) is 67.2 Å². The third kappa shape index (κ3) is 4.27. The maximum Gasteiger partial charge on any atom is 0.247 e. The highest BCUT2D eigenvalue weighted by atomic mass is 35.5. The summed E-state index contributed by atoms with van der Waals surface area (Å²) in [6.07, 6.45) is 3.31. The number of hydrogen-bond acceptors (Lipinski definition) is 3. The van der Waals surface area contributed by atoms with Crippen LogP contribution >= 0.6 is 23.2 Å². The SMILES string of the molecule is CCN(CC(=O)Nc1c(Cl)cccc1Cl)C(=O)C(C)n1cccn1. The Hall–Kier alpha value is -2.05. The third-order valence-corrected chi connectivity index (χ3v) is 4.16. The summed E-state index contributed by atoms with van der Waals surface area (Å²) in [6.45, 7) is 3.85. The van der Waals surface area contributed by atoms with Gasteiger partial charge < -0.3 is 10.2 Å². The van der Waals surface area contributed by atoms with Crippen LogP contribution in [0.15, 0.2) is 36.7 Å². The predicted molar refractivity (Wildman–Crippen MR) is 94.3 cm³/mol. The number of aromatic nitrogens is 2. The summed E-state index contributed by atoms with van der Waals surface area (Å²) in [7, 11) is 0. The van der Waals surface area contributed by atoms with Crippen molar-refractivity contribution in [2.24, 2.45) is 0 Å². The van der Waals surface area contributed by atoms with Gasteiger partial charge in [0.1, 0.15) is 6.04 Å². The lowest BCUT2D eigenvalue weighted by molar-refractivity contribution is -0.137. The van der Waals surface area contributed by atoms with E-state index in [0.29, 0.717) is 22.3 Å². The van der Waals surface area contributed by atoms with Crippen molar-refractivity contribution in [2.75, 3.05) is 18.4 Å². The zero-order valence-corrected chi connectivity index (χ0v) is 14.9. The second-order valence-electron chi connectivity index (χ2n) is 5.16. The molecule has 2 aromatic rings. The number of nitrogens with zero attached hydrogens (tertiary/aromatic N) is 3. The van der Waals surface area contributed by atoms with Crippen LogP contribution < -0.4 is 5.32 Å². The molecular weight excluding hydrogens is 351 g/mol. The van der Waals surface area contributed by atoms with Crippen LogP contribution in [0.5, 0.6) is 0 Å². The van der Waals surface area contributed by atoms with Crippen molar-refractivity contribution in [3.05, 3.63) is 46.7 Å². The van der Waals surface area contributed by atoms with Gasteiger partial charge >= 0.3 is 0 Å². The number of carbonyl (C=O) groups excluding carboxylic acids is 2. The molecule has 1 unspecified atom stereocenters. The molecule has 0 saturated carbocycles. The lowest BCUT2D eigenvalue weighted by atomic mass is 10.2. The van der Waals surface area contributed by atoms with Gasteiger partial charge in [-0.3, -0.25) is 14.3 Å². The van der Waals surface area contributed by atoms with Gasteiger partial charge in [-0.1, -0.05) is 29.3 Å². The number of benzene rings is 1. The average Bonchev–Trinajstić information content (AvgIpc) is 3.09. The van der Waals surface area contributed by atoms with Crippen LogP contribution in [0.4, 0.5) is 5.69 Å². The van der Waals surface area contributed by atoms with Crippen LogP contribution in [0.2, 0.25) is 10.0 Å². The van der Waals surface area contributed by atoms with Crippen LogP contribution in [0.3, 0.4) is 0 Å². The van der Waals surface area contributed by atoms with E-state index in [1.165, 1.54) is 4.90 Å². The van der Waals surface area contributed by atoms with Gasteiger partial charge in [-0.05, 0) is 32.0 Å². The van der Waals surface area contributed by atoms with Crippen LogP contribution in [0.1, 0.15) is 19.9 Å². The first kappa shape index (κ1) is 18.3. The highest BCUT2D eigenvalue weighted by Gasteiger charge is 2.23. The largest absolute Gasteiger partial charge is 0.332 e. The van der Waals surface area contributed by atoms with Gasteiger partial charge in [0.25, 0.3) is 0 Å². The summed E-state index contributed by atoms with van der Waals surface area (Å²) in [4.78, 5) is 26.2. The molecule has 0 radical (unpaired) electrons. The number of para-hydroxylation sites is 1. The van der Waals surface area contributed by atoms with Gasteiger partial charge in [0.15, 0.2) is 0 Å². The smallest absolute Gasteiger partial charge is 0.247 e. The number of halogens is 2. The molecule has 0 saturated heterocycles. The Morgan fingerprint density at radius 3 is 2.50 bits per heavy atom. The third-order valence-electron chi connectivity index (χ3n) is 3.53. The first-order chi connectivity index (χ1) is 11.4. The van der Waals surface area contributed by atoms with Crippen molar-refractivity contribution in [1.29, 1.82) is 0 Å². The minimum absolute atomic E-state index is 0.0947. The summed E-state index contributed by atoms with van der Waals surface area (Å²) in [5.41, 5.74) is 0.342. The molecule has 0 aliphatic carbocycles. The number of rotatable bonds is 6. The van der Waals surface area contributed by atoms with E-state index in [2.05, 4.69) is 10.4 Å². The molecule has 0 aliphatic rings. The molecule has 0 aliphatic heterocycles. The predicted octanol–water partition coefficient (Wildman–Crippen LogP) is 3.24. The number of amides is 2. The maximum absolute atomic E-state index is 12.5. The molecule has 2 amide bonds. The molecule has 6 nitrogen and oxygen atoms in total. The van der Waals surface area contributed by atoms with Crippen LogP contribution in [0, 0.1) is 0 Å². The van der Waals surface area contributed by atoms with Crippen molar-refractivity contribution in [3.63, 3.8) is 0 Å². The van der Waals surface area contributed by atoms with Crippen molar-refractivity contribution in [3.8, 4) is 0 Å². The van der Waals surface area contributed by atoms with Crippen LogP contribution in [-0.4, -0.2) is 39.6 Å². The fraction of sp³-hybridized carbons (Fsp3) is 0.312. The molecule has 0 bridgehead atoms. The Morgan fingerprint density at radius 1 is 1.29 bits per heavy atom. The van der Waals surface area contributed by atoms with E-state index in [1.54, 1.807) is 48.3 Å². The second-order valence-corrected chi connectivity index (χ2v) is 5.97. The first-order valence-corrected chi connectivity index (χ1v) is 8.21. The van der Waals surface area contributed by atoms with E-state index < -0.39 is 6.04 Å². The Bertz CT molecular complexity index is 699. The van der Waals surface area contributed by atoms with Crippen molar-refractivity contribution < 1.29 is 9.59 Å². The van der Waals surface area contributed by atoms with Gasteiger partial charge in [-0.25, -0.2) is 0 Å². The van der Waals surface area contributed by atoms with Gasteiger partial charge in [-0.2, -0.15) is 5.10 Å². The van der Waals surface area contributed by atoms with Gasteiger partial charge in [-0.15, -0.1) is 0 Å². The van der Waals surface area contributed by atoms with E-state index >= 15 is 0 Å². The van der Waals surface area contributed by atoms with Gasteiger partial charge in [0.05, 0.1) is 22.3 Å². The summed E-state index contributed by atoms with van der Waals surface area (Å²) < 4.78 is 1.55. The Balaban J connectivity index is 2.04. The Morgan fingerprint density at radius 2 is 1.96 bits per heavy atom. The lowest BCUT2D eigenvalue weighted by Gasteiger charge is -2.24. The molecule has 1 N–H and O–H groups in total. The standard InChI is InChI=1S/C16H18Cl2N4O2/c1-3-21(16(24)11(2)22-9-5-8-19-22)10-14(23)20-15-12(17)6-4-7-13(15)18/h4-9,11H,3,10H2,1-2H3,(H,20,23). The number of nitrogens with one attached hydrogen (secondary N) is 1. The minimum Gasteiger partial charge on any atom is -0.332 e. The fourth-order valence-electron chi connectivity index (χ4n) is 2.20. The molecule has 24 heavy (non-hydrogen) atoms. The van der Waals surface area contributed by atoms with E-state index in [4.69, 9.17) is 23.2 Å². The average molecular weight is 369 g/mol. The first-order valence-electron chi connectivity index (χ1n) is 7.45. The van der Waals surface area contributed by atoms with Crippen molar-refractivity contribution >= 4 is 40.7 Å². The van der Waals surface area contributed by atoms with Crippen LogP contribution in [-0.2, 0) is 9.59 Å². The molecule has 1 atom stereocenters. The summed E-state index contributed by atoms with van der Waals surface area (Å²) in [5, 5.41) is 7.40. The fourth-order valence-corrected chi connectivity index (χ4v) is 2.69. The lowest BCUT2D eigenvalue weighted by Crippen LogP contribution is -2.41. The number of hydrogen-bond donors (Lipinski definition) is 1. The quantitative estimate of drug-likeness (QED) is 0.850. The molecular formula is C16H18Cl2N4O2. The highest BCUT2D eigenvalue weighted by Crippen LogP contribution is 2.29. The van der Waals surface area contributed by atoms with E-state index in [0.717, 1.165) is 0 Å². The molecule has 1 aromatic carbocycles. The van der Waals surface area contributed by atoms with E-state index in [1.807, 2.05) is 6.92 Å². The van der Waals surface area contributed by atoms with Gasteiger partial charge in [0, 0.05) is 18.9 Å². The monoisotopic (exact) mass is 368 g/mol. The zero-order valence-electron chi connectivity index (χ0n) is 13.4. The molecule has 0 fully saturated rings. The second kappa shape index (κ2) is 8.17. The number of carbonyl (C=O) groups is 2. The number of anilines is 1. The van der Waals surface area contributed by atoms with Crippen LogP contribution in [0.25, 0.3) is 0 Å². The summed E-state index contributed by atoms with van der Waals surface area (Å²) in [5.74, 6) is -0.561.